The molecular weight excluding hydrogens is 248 g/mol. The van der Waals surface area contributed by atoms with Gasteiger partial charge in [-0.2, -0.15) is 0 Å². The van der Waals surface area contributed by atoms with E-state index in [0.29, 0.717) is 0 Å². The molecule has 0 aliphatic heterocycles. The van der Waals surface area contributed by atoms with Crippen molar-refractivity contribution in [2.24, 2.45) is 5.92 Å². The lowest BCUT2D eigenvalue weighted by molar-refractivity contribution is 0.415. The van der Waals surface area contributed by atoms with Crippen molar-refractivity contribution < 1.29 is 4.74 Å². The monoisotopic (exact) mass is 272 g/mol. The van der Waals surface area contributed by atoms with Crippen LogP contribution in [0.25, 0.3) is 10.8 Å². The highest BCUT2D eigenvalue weighted by atomic mass is 16.5. The van der Waals surface area contributed by atoms with Crippen molar-refractivity contribution in [2.45, 2.75) is 33.1 Å². The van der Waals surface area contributed by atoms with Crippen LogP contribution < -0.4 is 10.1 Å². The molecule has 1 aromatic heterocycles. The van der Waals surface area contributed by atoms with Crippen LogP contribution in [0.3, 0.4) is 0 Å². The number of benzene rings is 1. The van der Waals surface area contributed by atoms with Gasteiger partial charge in [-0.3, -0.25) is 0 Å². The van der Waals surface area contributed by atoms with Gasteiger partial charge in [0, 0.05) is 18.1 Å². The SMILES string of the molecule is COc1ccc2c(NCCCCC(C)C)nccc2c1. The molecule has 0 radical (unpaired) electrons. The third kappa shape index (κ3) is 3.86. The Morgan fingerprint density at radius 3 is 2.80 bits per heavy atom. The molecule has 0 fully saturated rings. The molecule has 0 atom stereocenters. The van der Waals surface area contributed by atoms with Gasteiger partial charge >= 0.3 is 0 Å². The first-order valence-corrected chi connectivity index (χ1v) is 7.37. The zero-order chi connectivity index (χ0) is 14.4. The number of pyridine rings is 1. The van der Waals surface area contributed by atoms with Gasteiger partial charge in [0.15, 0.2) is 0 Å². The summed E-state index contributed by atoms with van der Waals surface area (Å²) in [5, 5.41) is 5.75. The number of hydrogen-bond donors (Lipinski definition) is 1. The number of aromatic nitrogens is 1. The fourth-order valence-electron chi connectivity index (χ4n) is 2.31. The molecule has 0 unspecified atom stereocenters. The Hall–Kier alpha value is -1.77. The maximum Gasteiger partial charge on any atom is 0.133 e. The van der Waals surface area contributed by atoms with Gasteiger partial charge in [-0.1, -0.05) is 26.7 Å². The fourth-order valence-corrected chi connectivity index (χ4v) is 2.31. The zero-order valence-corrected chi connectivity index (χ0v) is 12.6. The van der Waals surface area contributed by atoms with E-state index in [1.54, 1.807) is 7.11 Å². The first kappa shape index (κ1) is 14.6. The van der Waals surface area contributed by atoms with Crippen molar-refractivity contribution >= 4 is 16.6 Å². The summed E-state index contributed by atoms with van der Waals surface area (Å²) < 4.78 is 5.26. The molecule has 0 saturated carbocycles. The average molecular weight is 272 g/mol. The molecule has 2 aromatic rings. The number of anilines is 1. The van der Waals surface area contributed by atoms with Crippen LogP contribution in [0, 0.1) is 5.92 Å². The van der Waals surface area contributed by atoms with E-state index >= 15 is 0 Å². The Morgan fingerprint density at radius 1 is 1.20 bits per heavy atom. The smallest absolute Gasteiger partial charge is 0.133 e. The highest BCUT2D eigenvalue weighted by Crippen LogP contribution is 2.25. The second-order valence-electron chi connectivity index (χ2n) is 5.56. The molecule has 1 aromatic carbocycles. The van der Waals surface area contributed by atoms with Crippen LogP contribution >= 0.6 is 0 Å². The zero-order valence-electron chi connectivity index (χ0n) is 12.6. The Kier molecular flexibility index (Phi) is 5.22. The van der Waals surface area contributed by atoms with E-state index < -0.39 is 0 Å². The summed E-state index contributed by atoms with van der Waals surface area (Å²) in [5.74, 6) is 2.64. The number of methoxy groups -OCH3 is 1. The second-order valence-corrected chi connectivity index (χ2v) is 5.56. The van der Waals surface area contributed by atoms with Crippen LogP contribution in [-0.2, 0) is 0 Å². The standard InChI is InChI=1S/C17H24N2O/c1-13(2)6-4-5-10-18-17-16-8-7-15(20-3)12-14(16)9-11-19-17/h7-9,11-13H,4-6,10H2,1-3H3,(H,18,19). The lowest BCUT2D eigenvalue weighted by Crippen LogP contribution is -2.04. The number of nitrogens with one attached hydrogen (secondary N) is 1. The van der Waals surface area contributed by atoms with E-state index in [0.717, 1.165) is 34.8 Å². The summed E-state index contributed by atoms with van der Waals surface area (Å²) in [6.07, 6.45) is 5.59. The molecule has 3 heteroatoms. The number of unbranched alkanes of at least 4 members (excludes halogenated alkanes) is 1. The molecule has 3 nitrogen and oxygen atoms in total. The summed E-state index contributed by atoms with van der Waals surface area (Å²) in [7, 11) is 1.69. The van der Waals surface area contributed by atoms with Crippen molar-refractivity contribution in [3.05, 3.63) is 30.5 Å². The summed E-state index contributed by atoms with van der Waals surface area (Å²) in [4.78, 5) is 4.44. The maximum absolute atomic E-state index is 5.26. The normalized spacial score (nSPS) is 11.0. The Bertz CT molecular complexity index is 552. The Morgan fingerprint density at radius 2 is 2.05 bits per heavy atom. The summed E-state index contributed by atoms with van der Waals surface area (Å²) in [5.41, 5.74) is 0. The molecule has 2 rings (SSSR count). The third-order valence-electron chi connectivity index (χ3n) is 3.47. The van der Waals surface area contributed by atoms with E-state index in [1.807, 2.05) is 24.4 Å². The van der Waals surface area contributed by atoms with Crippen LogP contribution in [0.5, 0.6) is 5.75 Å². The first-order valence-electron chi connectivity index (χ1n) is 7.37. The minimum atomic E-state index is 0.790. The van der Waals surface area contributed by atoms with Gasteiger partial charge < -0.3 is 10.1 Å². The van der Waals surface area contributed by atoms with Gasteiger partial charge in [-0.25, -0.2) is 4.98 Å². The van der Waals surface area contributed by atoms with Crippen molar-refractivity contribution in [2.75, 3.05) is 19.0 Å². The van der Waals surface area contributed by atoms with E-state index in [-0.39, 0.29) is 0 Å². The van der Waals surface area contributed by atoms with Crippen LogP contribution in [-0.4, -0.2) is 18.6 Å². The van der Waals surface area contributed by atoms with Gasteiger partial charge in [0.05, 0.1) is 7.11 Å². The molecule has 0 aliphatic rings. The van der Waals surface area contributed by atoms with Crippen molar-refractivity contribution in [1.82, 2.24) is 4.98 Å². The summed E-state index contributed by atoms with van der Waals surface area (Å²) in [6, 6.07) is 8.11. The number of rotatable bonds is 7. The minimum Gasteiger partial charge on any atom is -0.497 e. The van der Waals surface area contributed by atoms with Crippen LogP contribution in [0.1, 0.15) is 33.1 Å². The molecule has 108 valence electrons. The van der Waals surface area contributed by atoms with Crippen molar-refractivity contribution in [1.29, 1.82) is 0 Å². The van der Waals surface area contributed by atoms with Crippen molar-refractivity contribution in [3.8, 4) is 5.75 Å². The van der Waals surface area contributed by atoms with Gasteiger partial charge in [-0.15, -0.1) is 0 Å². The number of ether oxygens (including phenoxy) is 1. The van der Waals surface area contributed by atoms with E-state index in [1.165, 1.54) is 19.3 Å². The van der Waals surface area contributed by atoms with E-state index in [9.17, 15) is 0 Å². The van der Waals surface area contributed by atoms with E-state index in [4.69, 9.17) is 4.74 Å². The molecule has 0 saturated heterocycles. The number of nitrogens with zero attached hydrogens (tertiary/aromatic N) is 1. The summed E-state index contributed by atoms with van der Waals surface area (Å²) >= 11 is 0. The fraction of sp³-hybridized carbons (Fsp3) is 0.471. The lowest BCUT2D eigenvalue weighted by atomic mass is 10.1. The predicted molar refractivity (Wildman–Crippen MR) is 85.5 cm³/mol. The van der Waals surface area contributed by atoms with Gasteiger partial charge in [0.1, 0.15) is 11.6 Å². The Balaban J connectivity index is 1.99. The topological polar surface area (TPSA) is 34.1 Å². The second kappa shape index (κ2) is 7.13. The third-order valence-corrected chi connectivity index (χ3v) is 3.47. The first-order chi connectivity index (χ1) is 9.70. The Labute approximate surface area is 121 Å². The molecule has 1 heterocycles. The van der Waals surface area contributed by atoms with Crippen LogP contribution in [0.15, 0.2) is 30.5 Å². The highest BCUT2D eigenvalue weighted by molar-refractivity contribution is 5.92. The molecule has 20 heavy (non-hydrogen) atoms. The van der Waals surface area contributed by atoms with Gasteiger partial charge in [0.2, 0.25) is 0 Å². The minimum absolute atomic E-state index is 0.790. The highest BCUT2D eigenvalue weighted by Gasteiger charge is 2.03. The molecule has 0 spiro atoms. The molecule has 1 N–H and O–H groups in total. The lowest BCUT2D eigenvalue weighted by Gasteiger charge is -2.10. The van der Waals surface area contributed by atoms with Gasteiger partial charge in [0.25, 0.3) is 0 Å². The molecule has 0 amide bonds. The average Bonchev–Trinajstić information content (AvgIpc) is 2.46. The van der Waals surface area contributed by atoms with Crippen molar-refractivity contribution in [3.63, 3.8) is 0 Å². The number of hydrogen-bond acceptors (Lipinski definition) is 3. The molecular formula is C17H24N2O. The molecule has 0 aliphatic carbocycles. The maximum atomic E-state index is 5.26. The van der Waals surface area contributed by atoms with E-state index in [2.05, 4.69) is 30.2 Å². The number of fused-ring (bicyclic) bond motifs is 1. The molecule has 0 bridgehead atoms. The summed E-state index contributed by atoms with van der Waals surface area (Å²) in [6.45, 7) is 5.52. The quantitative estimate of drug-likeness (QED) is 0.754. The predicted octanol–water partition coefficient (Wildman–Crippen LogP) is 4.48. The van der Waals surface area contributed by atoms with Gasteiger partial charge in [-0.05, 0) is 42.0 Å². The van der Waals surface area contributed by atoms with Crippen LogP contribution in [0.4, 0.5) is 5.82 Å². The largest absolute Gasteiger partial charge is 0.497 e. The van der Waals surface area contributed by atoms with Crippen LogP contribution in [0.2, 0.25) is 0 Å².